The van der Waals surface area contributed by atoms with Crippen LogP contribution in [-0.4, -0.2) is 106 Å². The summed E-state index contributed by atoms with van der Waals surface area (Å²) in [5, 5.41) is 15.2. The normalized spacial score (nSPS) is 14.7. The van der Waals surface area contributed by atoms with E-state index < -0.39 is 36.0 Å². The van der Waals surface area contributed by atoms with Gasteiger partial charge in [0.1, 0.15) is 36.5 Å². The number of aryl methyl sites for hydroxylation is 2. The quantitative estimate of drug-likeness (QED) is 0.0328. The summed E-state index contributed by atoms with van der Waals surface area (Å²) in [5.74, 6) is -1.97. The van der Waals surface area contributed by atoms with E-state index in [0.717, 1.165) is 33.7 Å². The molecule has 0 spiro atoms. The number of carbonyl (C=O) groups excluding carboxylic acids is 7. The maximum Gasteiger partial charge on any atom is 0.411 e. The fourth-order valence-electron chi connectivity index (χ4n) is 9.21. The summed E-state index contributed by atoms with van der Waals surface area (Å²) in [6, 6.07) is 21.4. The van der Waals surface area contributed by atoms with Crippen molar-refractivity contribution in [3.63, 3.8) is 0 Å². The molecule has 8 rings (SSSR count). The second kappa shape index (κ2) is 24.3. The summed E-state index contributed by atoms with van der Waals surface area (Å²) in [5.41, 5.74) is 12.8. The molecule has 2 aromatic carbocycles. The van der Waals surface area contributed by atoms with E-state index in [9.17, 15) is 33.6 Å². The van der Waals surface area contributed by atoms with Gasteiger partial charge in [-0.15, -0.1) is 0 Å². The van der Waals surface area contributed by atoms with Crippen molar-refractivity contribution in [2.24, 2.45) is 11.7 Å². The molecule has 21 heteroatoms. The number of hydrogen-bond acceptors (Lipinski definition) is 12. The number of benzene rings is 2. The van der Waals surface area contributed by atoms with Gasteiger partial charge in [-0.3, -0.25) is 38.8 Å². The Morgan fingerprint density at radius 3 is 2.44 bits per heavy atom. The largest absolute Gasteiger partial charge is 0.445 e. The molecular weight excluding hydrogens is 959 g/mol. The van der Waals surface area contributed by atoms with Gasteiger partial charge in [0.15, 0.2) is 5.65 Å². The molecule has 0 saturated carbocycles. The molecule has 75 heavy (non-hydrogen) atoms. The zero-order chi connectivity index (χ0) is 53.0. The number of hydrogen-bond donors (Lipinski definition) is 6. The summed E-state index contributed by atoms with van der Waals surface area (Å²) < 4.78 is 7.71. The van der Waals surface area contributed by atoms with Crippen LogP contribution in [0.25, 0.3) is 28.3 Å². The maximum absolute atomic E-state index is 14.4. The number of imide groups is 1. The second-order valence-corrected chi connectivity index (χ2v) is 18.9. The predicted molar refractivity (Wildman–Crippen MR) is 277 cm³/mol. The second-order valence-electron chi connectivity index (χ2n) is 18.9. The number of nitrogens with one attached hydrogen (secondary N) is 5. The lowest BCUT2D eigenvalue weighted by Crippen LogP contribution is -2.54. The number of pyridine rings is 2. The molecule has 5 heterocycles. The minimum absolute atomic E-state index is 0.0790. The van der Waals surface area contributed by atoms with E-state index >= 15 is 0 Å². The van der Waals surface area contributed by atoms with Crippen molar-refractivity contribution < 1.29 is 38.3 Å². The van der Waals surface area contributed by atoms with Gasteiger partial charge in [-0.05, 0) is 104 Å². The molecule has 6 aromatic rings. The number of H-pyrrole nitrogens is 1. The maximum atomic E-state index is 14.4. The predicted octanol–water partition coefficient (Wildman–Crippen LogP) is 5.81. The van der Waals surface area contributed by atoms with Gasteiger partial charge >= 0.3 is 12.1 Å². The lowest BCUT2D eigenvalue weighted by atomic mass is 10.0. The van der Waals surface area contributed by atoms with Crippen LogP contribution >= 0.6 is 0 Å². The Balaban J connectivity index is 0.914. The average molecular weight is 1020 g/mol. The number of aromatic amines is 1. The number of carbonyl (C=O) groups is 7. The van der Waals surface area contributed by atoms with E-state index in [0.29, 0.717) is 71.9 Å². The molecule has 1 aliphatic carbocycles. The molecule has 0 bridgehead atoms. The number of primary amides is 1. The van der Waals surface area contributed by atoms with Crippen molar-refractivity contribution >= 4 is 53.0 Å². The van der Waals surface area contributed by atoms with Crippen molar-refractivity contribution in [3.05, 3.63) is 132 Å². The van der Waals surface area contributed by atoms with E-state index in [1.807, 2.05) is 61.7 Å². The lowest BCUT2D eigenvalue weighted by Gasteiger charge is -2.28. The number of aromatic nitrogens is 6. The van der Waals surface area contributed by atoms with Gasteiger partial charge in [0.05, 0.1) is 24.0 Å². The number of urea groups is 1. The molecule has 390 valence electrons. The first-order valence-corrected chi connectivity index (χ1v) is 25.1. The Morgan fingerprint density at radius 2 is 1.68 bits per heavy atom. The highest BCUT2D eigenvalue weighted by Crippen LogP contribution is 2.38. The molecule has 1 unspecified atom stereocenters. The average Bonchev–Trinajstić information content (AvgIpc) is 4.22. The fourth-order valence-corrected chi connectivity index (χ4v) is 9.21. The summed E-state index contributed by atoms with van der Waals surface area (Å²) in [4.78, 5) is 110. The molecule has 0 fully saturated rings. The van der Waals surface area contributed by atoms with Crippen molar-refractivity contribution in [2.45, 2.75) is 103 Å². The van der Waals surface area contributed by atoms with Crippen molar-refractivity contribution in [1.82, 2.24) is 55.3 Å². The number of nitrogens with zero attached hydrogens (tertiary/aromatic N) is 7. The van der Waals surface area contributed by atoms with Crippen LogP contribution in [0.3, 0.4) is 0 Å². The number of amides is 8. The van der Waals surface area contributed by atoms with Crippen LogP contribution in [0.4, 0.5) is 15.3 Å². The smallest absolute Gasteiger partial charge is 0.411 e. The third kappa shape index (κ3) is 13.5. The number of nitrogens with two attached hydrogens (primary N) is 1. The van der Waals surface area contributed by atoms with Crippen molar-refractivity contribution in [1.29, 1.82) is 0 Å². The zero-order valence-electron chi connectivity index (χ0n) is 42.1. The lowest BCUT2D eigenvalue weighted by molar-refractivity contribution is -0.137. The summed E-state index contributed by atoms with van der Waals surface area (Å²) >= 11 is 0. The molecule has 0 radical (unpaired) electrons. The minimum atomic E-state index is -1.06. The van der Waals surface area contributed by atoms with Crippen LogP contribution in [-0.2, 0) is 48.3 Å². The molecule has 2 aliphatic rings. The van der Waals surface area contributed by atoms with Gasteiger partial charge in [0.2, 0.25) is 17.7 Å². The highest BCUT2D eigenvalue weighted by molar-refractivity contribution is 6.12. The molecule has 0 saturated heterocycles. The zero-order valence-corrected chi connectivity index (χ0v) is 42.1. The number of anilines is 1. The Kier molecular flexibility index (Phi) is 17.0. The molecule has 8 amide bonds. The van der Waals surface area contributed by atoms with Crippen molar-refractivity contribution in [2.75, 3.05) is 18.4 Å². The Hall–Kier alpha value is -8.75. The highest BCUT2D eigenvalue weighted by atomic mass is 16.6. The standard InChI is InChI=1S/C54H61N13O8/c1-33(2)48(64-45(68)16-5-4-8-27-65-46(69)23-24-47(65)70)52(72)61-41(15-10-26-56-53(55)73)51(71)60-38-20-17-35(18-21-38)31-75-54(74)66(42-22-19-36-12-6-7-13-39(36)42)30-43-62-49(37-25-28-67-44(29-37)57-32-58-67)50(63-43)40-14-9-11-34(3)59-40/h6-7,9,11-14,17-18,20-21,23-25,28-29,32-33,41-42,48H,4-5,8,10,15-16,19,22,26-27,30-31H2,1-3H3,(H,60,71)(H,61,72)(H,62,63)(H,64,68)(H3,55,56,73)/t41-,42-,48?/m0/s1. The Morgan fingerprint density at radius 1 is 0.893 bits per heavy atom. The van der Waals surface area contributed by atoms with E-state index in [2.05, 4.69) is 42.4 Å². The molecular formula is C54H61N13O8. The third-order valence-electron chi connectivity index (χ3n) is 13.1. The van der Waals surface area contributed by atoms with Gasteiger partial charge in [-0.2, -0.15) is 5.10 Å². The topological polar surface area (TPSA) is 281 Å². The van der Waals surface area contributed by atoms with E-state index in [-0.39, 0.29) is 68.8 Å². The number of rotatable bonds is 23. The van der Waals surface area contributed by atoms with Gasteiger partial charge in [-0.25, -0.2) is 24.1 Å². The van der Waals surface area contributed by atoms with Crippen molar-refractivity contribution in [3.8, 4) is 22.6 Å². The van der Waals surface area contributed by atoms with Gasteiger partial charge in [0.25, 0.3) is 11.8 Å². The monoisotopic (exact) mass is 1020 g/mol. The number of ether oxygens (including phenoxy) is 1. The van der Waals surface area contributed by atoms with Gasteiger partial charge in [-0.1, -0.05) is 62.7 Å². The first-order valence-electron chi connectivity index (χ1n) is 25.1. The van der Waals surface area contributed by atoms with Gasteiger partial charge in [0, 0.05) is 54.8 Å². The summed E-state index contributed by atoms with van der Waals surface area (Å²) in [6.45, 7) is 5.90. The number of fused-ring (bicyclic) bond motifs is 2. The third-order valence-corrected chi connectivity index (χ3v) is 13.1. The minimum Gasteiger partial charge on any atom is -0.445 e. The van der Waals surface area contributed by atoms with Crippen LogP contribution in [0, 0.1) is 12.8 Å². The van der Waals surface area contributed by atoms with Crippen LogP contribution in [0.5, 0.6) is 0 Å². The Bertz CT molecular complexity index is 3080. The number of imidazole rings is 1. The SMILES string of the molecule is Cc1cccc(-c2nc(CN(C(=O)OCc3ccc(NC(=O)[C@H](CCCNC(N)=O)NC(=O)C(NC(=O)CCCCCN4C(=O)C=CC4=O)C(C)C)cc3)[C@H]3CCc4ccccc43)[nH]c2-c2ccn3ncnc3c2)n1. The van der Waals surface area contributed by atoms with E-state index in [4.69, 9.17) is 20.4 Å². The van der Waals surface area contributed by atoms with E-state index in [1.165, 1.54) is 18.5 Å². The molecule has 21 nitrogen and oxygen atoms in total. The molecule has 3 atom stereocenters. The first kappa shape index (κ1) is 52.6. The molecule has 7 N–H and O–H groups in total. The molecule has 4 aromatic heterocycles. The highest BCUT2D eigenvalue weighted by Gasteiger charge is 2.34. The van der Waals surface area contributed by atoms with Gasteiger partial charge < -0.3 is 36.7 Å². The summed E-state index contributed by atoms with van der Waals surface area (Å²) in [6.07, 6.45) is 8.84. The fraction of sp³-hybridized carbons (Fsp3) is 0.352. The van der Waals surface area contributed by atoms with Crippen LogP contribution in [0.1, 0.15) is 93.0 Å². The van der Waals surface area contributed by atoms with E-state index in [1.54, 1.807) is 47.5 Å². The van der Waals surface area contributed by atoms with Crippen LogP contribution < -0.4 is 27.0 Å². The molecule has 1 aliphatic heterocycles. The Labute approximate surface area is 433 Å². The van der Waals surface area contributed by atoms with Crippen LogP contribution in [0.15, 0.2) is 104 Å². The number of unbranched alkanes of at least 4 members (excludes halogenated alkanes) is 2. The first-order chi connectivity index (χ1) is 36.2. The summed E-state index contributed by atoms with van der Waals surface area (Å²) in [7, 11) is 0. The van der Waals surface area contributed by atoms with Crippen LogP contribution in [0.2, 0.25) is 0 Å².